The molecule has 1 atom stereocenters. The van der Waals surface area contributed by atoms with Crippen molar-refractivity contribution in [3.05, 3.63) is 158 Å². The number of rotatable bonds is 11. The minimum absolute atomic E-state index is 0.0759. The van der Waals surface area contributed by atoms with Crippen LogP contribution < -0.4 is 26.8 Å². The molecule has 17 heteroatoms. The van der Waals surface area contributed by atoms with Gasteiger partial charge in [0.05, 0.1) is 16.7 Å². The SMILES string of the molecule is CNc1ccn(-c2ccnc3c2cc(CN2CC=C(c4c(F)cc(C(=O)N(C)c5ccc(C6CCN(Cc7ccc8c(c7)n(C)c(=O)n8C7CCC(=O)NC7=O)CC6)cc5)cc4F)CC2)n3C)c(=O)c1. The van der Waals surface area contributed by atoms with Crippen LogP contribution in [0.4, 0.5) is 20.2 Å². The van der Waals surface area contributed by atoms with E-state index in [-0.39, 0.29) is 41.1 Å². The summed E-state index contributed by atoms with van der Waals surface area (Å²) < 4.78 is 38.3. The summed E-state index contributed by atoms with van der Waals surface area (Å²) in [6.45, 7) is 4.02. The third-order valence-electron chi connectivity index (χ3n) is 14.5. The molecule has 3 aromatic carbocycles. The van der Waals surface area contributed by atoms with E-state index >= 15 is 8.78 Å². The van der Waals surface area contributed by atoms with Crippen molar-refractivity contribution in [2.75, 3.05) is 50.5 Å². The summed E-state index contributed by atoms with van der Waals surface area (Å²) in [5, 5.41) is 6.18. The summed E-state index contributed by atoms with van der Waals surface area (Å²) in [5.41, 5.74) is 7.31. The predicted molar refractivity (Wildman–Crippen MR) is 265 cm³/mol. The predicted octanol–water partition coefficient (Wildman–Crippen LogP) is 6.62. The van der Waals surface area contributed by atoms with E-state index in [1.54, 1.807) is 48.7 Å². The number of pyridine rings is 2. The second kappa shape index (κ2) is 18.8. The van der Waals surface area contributed by atoms with Crippen LogP contribution in [0.2, 0.25) is 0 Å². The molecule has 4 aromatic heterocycles. The fourth-order valence-electron chi connectivity index (χ4n) is 10.5. The van der Waals surface area contributed by atoms with E-state index in [0.29, 0.717) is 55.3 Å². The molecule has 3 amide bonds. The standard InChI is InChI=1S/C53H54F2N10O5/c1-56-37-18-24-64(48(67)28-37)43-13-19-57-50-40(43)29-39(59(50)2)31-63-22-16-35(17-23-63)49-41(54)26-36(27-42(49)55)52(69)60(3)38-8-6-33(7-9-38)34-14-20-62(21-15-34)30-32-5-10-44-46(25-32)61(4)53(70)65(44)45-11-12-47(66)58-51(45)68/h5-10,13,16,18-19,24-29,34,45,56H,11-12,14-15,17,20-23,30-31H2,1-4H3,(H,58,66,68). The van der Waals surface area contributed by atoms with Crippen LogP contribution in [0.3, 0.4) is 0 Å². The highest BCUT2D eigenvalue weighted by Gasteiger charge is 2.32. The zero-order chi connectivity index (χ0) is 49.0. The maximum absolute atomic E-state index is 15.8. The fourth-order valence-corrected chi connectivity index (χ4v) is 10.5. The number of amides is 3. The lowest BCUT2D eigenvalue weighted by atomic mass is 9.89. The number of piperidine rings is 2. The van der Waals surface area contributed by atoms with E-state index in [1.165, 1.54) is 9.47 Å². The number of imidazole rings is 1. The van der Waals surface area contributed by atoms with Gasteiger partial charge in [0.15, 0.2) is 0 Å². The summed E-state index contributed by atoms with van der Waals surface area (Å²) in [4.78, 5) is 74.7. The Morgan fingerprint density at radius 3 is 2.27 bits per heavy atom. The zero-order valence-electron chi connectivity index (χ0n) is 39.5. The number of imide groups is 1. The molecule has 2 N–H and O–H groups in total. The summed E-state index contributed by atoms with van der Waals surface area (Å²) in [5.74, 6) is -2.54. The molecule has 2 fully saturated rings. The first-order chi connectivity index (χ1) is 33.8. The maximum Gasteiger partial charge on any atom is 0.329 e. The van der Waals surface area contributed by atoms with Gasteiger partial charge in [-0.15, -0.1) is 0 Å². The van der Waals surface area contributed by atoms with Crippen molar-refractivity contribution in [1.29, 1.82) is 0 Å². The number of hydrogen-bond donors (Lipinski definition) is 2. The van der Waals surface area contributed by atoms with Gasteiger partial charge >= 0.3 is 5.69 Å². The van der Waals surface area contributed by atoms with Crippen LogP contribution in [-0.2, 0) is 36.8 Å². The number of benzene rings is 3. The topological polar surface area (TPSA) is 152 Å². The molecule has 15 nitrogen and oxygen atoms in total. The Hall–Kier alpha value is -7.50. The number of anilines is 2. The normalized spacial score (nSPS) is 17.3. The zero-order valence-corrected chi connectivity index (χ0v) is 39.5. The first kappa shape index (κ1) is 46.2. The van der Waals surface area contributed by atoms with Crippen molar-refractivity contribution >= 4 is 56.7 Å². The number of carbonyl (C=O) groups excluding carboxylic acids is 3. The summed E-state index contributed by atoms with van der Waals surface area (Å²) in [6, 6.07) is 22.4. The first-order valence-corrected chi connectivity index (χ1v) is 23.6. The Kier molecular flexibility index (Phi) is 12.4. The molecule has 0 saturated carbocycles. The molecule has 70 heavy (non-hydrogen) atoms. The van der Waals surface area contributed by atoms with Crippen molar-refractivity contribution in [2.24, 2.45) is 14.1 Å². The summed E-state index contributed by atoms with van der Waals surface area (Å²) in [6.07, 6.45) is 8.02. The Labute approximate surface area is 402 Å². The number of aromatic nitrogens is 5. The van der Waals surface area contributed by atoms with Gasteiger partial charge < -0.3 is 14.8 Å². The monoisotopic (exact) mass is 948 g/mol. The lowest BCUT2D eigenvalue weighted by molar-refractivity contribution is -0.135. The Morgan fingerprint density at radius 1 is 0.829 bits per heavy atom. The molecular formula is C53H54F2N10O5. The summed E-state index contributed by atoms with van der Waals surface area (Å²) in [7, 11) is 7.00. The van der Waals surface area contributed by atoms with Gasteiger partial charge in [0.1, 0.15) is 23.3 Å². The highest BCUT2D eigenvalue weighted by atomic mass is 19.1. The third kappa shape index (κ3) is 8.63. The Balaban J connectivity index is 0.745. The molecule has 3 aliphatic heterocycles. The quantitative estimate of drug-likeness (QED) is 0.136. The number of nitrogens with one attached hydrogen (secondary N) is 2. The number of carbonyl (C=O) groups is 3. The van der Waals surface area contributed by atoms with Gasteiger partial charge in [-0.25, -0.2) is 18.6 Å². The highest BCUT2D eigenvalue weighted by Crippen LogP contribution is 2.33. The summed E-state index contributed by atoms with van der Waals surface area (Å²) >= 11 is 0. The van der Waals surface area contributed by atoms with Crippen LogP contribution >= 0.6 is 0 Å². The maximum atomic E-state index is 15.8. The van der Waals surface area contributed by atoms with Crippen molar-refractivity contribution in [3.63, 3.8) is 0 Å². The smallest absolute Gasteiger partial charge is 0.329 e. The lowest BCUT2D eigenvalue weighted by Crippen LogP contribution is -2.44. The van der Waals surface area contributed by atoms with Gasteiger partial charge in [0, 0.05) is 113 Å². The molecule has 0 radical (unpaired) electrons. The molecule has 360 valence electrons. The molecule has 0 aliphatic carbocycles. The molecule has 0 spiro atoms. The largest absolute Gasteiger partial charge is 0.388 e. The van der Waals surface area contributed by atoms with Gasteiger partial charge in [0.25, 0.3) is 11.5 Å². The van der Waals surface area contributed by atoms with E-state index in [4.69, 9.17) is 0 Å². The Morgan fingerprint density at radius 2 is 1.59 bits per heavy atom. The van der Waals surface area contributed by atoms with Gasteiger partial charge in [-0.1, -0.05) is 24.3 Å². The van der Waals surface area contributed by atoms with E-state index < -0.39 is 29.5 Å². The number of nitrogens with zero attached hydrogens (tertiary/aromatic N) is 8. The number of halogens is 2. The molecule has 2 saturated heterocycles. The molecule has 10 rings (SSSR count). The van der Waals surface area contributed by atoms with Crippen molar-refractivity contribution in [2.45, 2.75) is 57.2 Å². The van der Waals surface area contributed by atoms with Crippen LogP contribution in [0, 0.1) is 11.6 Å². The molecular weight excluding hydrogens is 895 g/mol. The van der Waals surface area contributed by atoms with E-state index in [1.807, 2.05) is 78.4 Å². The number of likely N-dealkylation sites (tertiary alicyclic amines) is 1. The van der Waals surface area contributed by atoms with Crippen LogP contribution in [0.25, 0.3) is 33.3 Å². The van der Waals surface area contributed by atoms with E-state index in [2.05, 4.69) is 25.4 Å². The second-order valence-corrected chi connectivity index (χ2v) is 18.7. The molecule has 3 aliphatic rings. The van der Waals surface area contributed by atoms with Crippen molar-refractivity contribution in [1.82, 2.24) is 38.4 Å². The van der Waals surface area contributed by atoms with Crippen LogP contribution in [-0.4, -0.2) is 91.0 Å². The third-order valence-corrected chi connectivity index (χ3v) is 14.5. The van der Waals surface area contributed by atoms with Crippen LogP contribution in [0.1, 0.15) is 76.8 Å². The van der Waals surface area contributed by atoms with Gasteiger partial charge in [-0.2, -0.15) is 0 Å². The molecule has 7 heterocycles. The number of hydrogen-bond acceptors (Lipinski definition) is 9. The van der Waals surface area contributed by atoms with Gasteiger partial charge in [0.2, 0.25) is 11.8 Å². The van der Waals surface area contributed by atoms with Crippen molar-refractivity contribution in [3.8, 4) is 5.69 Å². The average Bonchev–Trinajstić information content (AvgIpc) is 3.81. The molecule has 7 aromatic rings. The minimum Gasteiger partial charge on any atom is -0.388 e. The fraction of sp³-hybridized carbons (Fsp3) is 0.321. The lowest BCUT2D eigenvalue weighted by Gasteiger charge is -2.32. The first-order valence-electron chi connectivity index (χ1n) is 23.6. The second-order valence-electron chi connectivity index (χ2n) is 18.7. The van der Waals surface area contributed by atoms with Gasteiger partial charge in [-0.3, -0.25) is 48.0 Å². The average molecular weight is 949 g/mol. The Bertz CT molecular complexity index is 3360. The van der Waals surface area contributed by atoms with E-state index in [0.717, 1.165) is 82.8 Å². The van der Waals surface area contributed by atoms with Crippen LogP contribution in [0.5, 0.6) is 0 Å². The van der Waals surface area contributed by atoms with Crippen LogP contribution in [0.15, 0.2) is 107 Å². The molecule has 1 unspecified atom stereocenters. The molecule has 0 bridgehead atoms. The van der Waals surface area contributed by atoms with Crippen molar-refractivity contribution < 1.29 is 23.2 Å². The van der Waals surface area contributed by atoms with Gasteiger partial charge in [-0.05, 0) is 116 Å². The van der Waals surface area contributed by atoms with E-state index in [9.17, 15) is 24.0 Å². The highest BCUT2D eigenvalue weighted by molar-refractivity contribution is 6.06. The number of aryl methyl sites for hydroxylation is 2. The number of fused-ring (bicyclic) bond motifs is 2. The minimum atomic E-state index is -0.779.